The summed E-state index contributed by atoms with van der Waals surface area (Å²) in [6.45, 7) is 2.30. The van der Waals surface area contributed by atoms with Gasteiger partial charge in [0.2, 0.25) is 0 Å². The van der Waals surface area contributed by atoms with Gasteiger partial charge in [0.05, 0.1) is 12.2 Å². The Hall–Kier alpha value is -1.65. The molecule has 1 aromatic heterocycles. The van der Waals surface area contributed by atoms with Crippen LogP contribution in [0.5, 0.6) is 0 Å². The van der Waals surface area contributed by atoms with E-state index < -0.39 is 0 Å². The molecule has 0 radical (unpaired) electrons. The zero-order valence-corrected chi connectivity index (χ0v) is 12.2. The average molecular weight is 294 g/mol. The first-order valence-electron chi connectivity index (χ1n) is 6.35. The zero-order valence-electron chi connectivity index (χ0n) is 11.5. The van der Waals surface area contributed by atoms with Crippen molar-refractivity contribution < 1.29 is 4.39 Å². The fourth-order valence-corrected chi connectivity index (χ4v) is 2.22. The third kappa shape index (κ3) is 3.08. The molecule has 0 aliphatic carbocycles. The lowest BCUT2D eigenvalue weighted by atomic mass is 10.1. The molecule has 1 atom stereocenters. The van der Waals surface area contributed by atoms with Gasteiger partial charge in [-0.3, -0.25) is 0 Å². The predicted octanol–water partition coefficient (Wildman–Crippen LogP) is 3.53. The molecule has 1 unspecified atom stereocenters. The Kier molecular flexibility index (Phi) is 4.57. The lowest BCUT2D eigenvalue weighted by molar-refractivity contribution is 0.615. The van der Waals surface area contributed by atoms with Crippen molar-refractivity contribution in [3.05, 3.63) is 58.5 Å². The Balaban J connectivity index is 2.30. The molecule has 0 aliphatic heterocycles. The number of nitrogens with two attached hydrogens (primary N) is 1. The molecule has 2 rings (SSSR count). The summed E-state index contributed by atoms with van der Waals surface area (Å²) in [5, 5.41) is 0.700. The summed E-state index contributed by atoms with van der Waals surface area (Å²) in [4.78, 5) is 6.14. The van der Waals surface area contributed by atoms with Gasteiger partial charge in [0, 0.05) is 24.2 Å². The van der Waals surface area contributed by atoms with Crippen molar-refractivity contribution in [2.75, 3.05) is 11.9 Å². The minimum absolute atomic E-state index is 0.0792. The number of hydrogen-bond donors (Lipinski definition) is 1. The molecule has 5 heteroatoms. The van der Waals surface area contributed by atoms with Gasteiger partial charge in [0.15, 0.2) is 0 Å². The second kappa shape index (κ2) is 6.20. The van der Waals surface area contributed by atoms with E-state index in [1.54, 1.807) is 0 Å². The second-order valence-corrected chi connectivity index (χ2v) is 5.12. The molecule has 106 valence electrons. The molecule has 0 aliphatic rings. The summed E-state index contributed by atoms with van der Waals surface area (Å²) in [5.74, 6) is 0.318. The highest BCUT2D eigenvalue weighted by Gasteiger charge is 2.16. The minimum Gasteiger partial charge on any atom is -0.353 e. The van der Waals surface area contributed by atoms with Gasteiger partial charge in [-0.2, -0.15) is 0 Å². The largest absolute Gasteiger partial charge is 0.353 e. The second-order valence-electron chi connectivity index (χ2n) is 4.68. The van der Waals surface area contributed by atoms with E-state index in [9.17, 15) is 4.39 Å². The molecule has 3 nitrogen and oxygen atoms in total. The van der Waals surface area contributed by atoms with Crippen LogP contribution >= 0.6 is 11.6 Å². The lowest BCUT2D eigenvalue weighted by Crippen LogP contribution is -2.24. The first kappa shape index (κ1) is 14.8. The number of nitrogens with zero attached hydrogens (tertiary/aromatic N) is 2. The van der Waals surface area contributed by atoms with Gasteiger partial charge in [-0.1, -0.05) is 23.7 Å². The summed E-state index contributed by atoms with van der Waals surface area (Å²) in [7, 11) is 1.92. The number of benzene rings is 1. The predicted molar refractivity (Wildman–Crippen MR) is 80.4 cm³/mol. The highest BCUT2D eigenvalue weighted by molar-refractivity contribution is 6.30. The van der Waals surface area contributed by atoms with Crippen LogP contribution in [0.1, 0.15) is 24.1 Å². The summed E-state index contributed by atoms with van der Waals surface area (Å²) >= 11 is 5.89. The van der Waals surface area contributed by atoms with Crippen LogP contribution < -0.4 is 10.6 Å². The quantitative estimate of drug-likeness (QED) is 0.937. The van der Waals surface area contributed by atoms with E-state index >= 15 is 0 Å². The number of hydrogen-bond acceptors (Lipinski definition) is 3. The average Bonchev–Trinajstić information content (AvgIpc) is 2.46. The van der Waals surface area contributed by atoms with Gasteiger partial charge in [0.25, 0.3) is 0 Å². The number of rotatable bonds is 4. The van der Waals surface area contributed by atoms with E-state index in [-0.39, 0.29) is 18.4 Å². The summed E-state index contributed by atoms with van der Waals surface area (Å²) in [6.07, 6.45) is 1.21. The van der Waals surface area contributed by atoms with Crippen molar-refractivity contribution in [3.63, 3.8) is 0 Å². The van der Waals surface area contributed by atoms with Crippen molar-refractivity contribution in [3.8, 4) is 0 Å². The molecule has 20 heavy (non-hydrogen) atoms. The molecule has 1 heterocycles. The molecule has 2 N–H and O–H groups in total. The molecule has 0 amide bonds. The van der Waals surface area contributed by atoms with Gasteiger partial charge < -0.3 is 10.6 Å². The van der Waals surface area contributed by atoms with E-state index in [1.807, 2.05) is 36.2 Å². The van der Waals surface area contributed by atoms with Crippen LogP contribution in [-0.4, -0.2) is 12.0 Å². The summed E-state index contributed by atoms with van der Waals surface area (Å²) in [5.41, 5.74) is 7.46. The molecular formula is C15H17ClFN3. The highest BCUT2D eigenvalue weighted by Crippen LogP contribution is 2.27. The topological polar surface area (TPSA) is 42.2 Å². The van der Waals surface area contributed by atoms with Gasteiger partial charge in [-0.05, 0) is 30.7 Å². The first-order valence-corrected chi connectivity index (χ1v) is 6.73. The van der Waals surface area contributed by atoms with Crippen molar-refractivity contribution in [2.24, 2.45) is 5.73 Å². The molecule has 0 saturated heterocycles. The number of pyridine rings is 1. The fraction of sp³-hybridized carbons (Fsp3) is 0.267. The number of halogens is 2. The van der Waals surface area contributed by atoms with Gasteiger partial charge in [0.1, 0.15) is 11.6 Å². The zero-order chi connectivity index (χ0) is 14.7. The standard InChI is InChI=1S/C15H17ClFN3/c1-10(11-3-5-13(16)6-4-11)20(2)15-12(8-18)7-14(17)9-19-15/h3-7,9-10H,8,18H2,1-2H3. The smallest absolute Gasteiger partial charge is 0.141 e. The third-order valence-corrected chi connectivity index (χ3v) is 3.65. The highest BCUT2D eigenvalue weighted by atomic mass is 35.5. The minimum atomic E-state index is -0.373. The Labute approximate surface area is 123 Å². The van der Waals surface area contributed by atoms with Crippen LogP contribution in [0.3, 0.4) is 0 Å². The molecule has 0 fully saturated rings. The SMILES string of the molecule is CC(c1ccc(Cl)cc1)N(C)c1ncc(F)cc1CN. The maximum atomic E-state index is 13.2. The molecule has 0 spiro atoms. The normalized spacial score (nSPS) is 12.2. The monoisotopic (exact) mass is 293 g/mol. The van der Waals surface area contributed by atoms with E-state index in [2.05, 4.69) is 11.9 Å². The molecule has 1 aromatic carbocycles. The lowest BCUT2D eigenvalue weighted by Gasteiger charge is -2.28. The van der Waals surface area contributed by atoms with Crippen LogP contribution in [0.25, 0.3) is 0 Å². The van der Waals surface area contributed by atoms with Crippen molar-refractivity contribution >= 4 is 17.4 Å². The van der Waals surface area contributed by atoms with Crippen molar-refractivity contribution in [2.45, 2.75) is 19.5 Å². The maximum absolute atomic E-state index is 13.2. The van der Waals surface area contributed by atoms with Gasteiger partial charge in [-0.25, -0.2) is 9.37 Å². The Bertz CT molecular complexity index is 586. The molecule has 0 saturated carbocycles. The molecular weight excluding hydrogens is 277 g/mol. The van der Waals surface area contributed by atoms with Crippen molar-refractivity contribution in [1.82, 2.24) is 4.98 Å². The Morgan fingerprint density at radius 1 is 1.35 bits per heavy atom. The van der Waals surface area contributed by atoms with Crippen LogP contribution in [0.4, 0.5) is 10.2 Å². The van der Waals surface area contributed by atoms with Crippen LogP contribution in [0.15, 0.2) is 36.5 Å². The van der Waals surface area contributed by atoms with E-state index in [4.69, 9.17) is 17.3 Å². The third-order valence-electron chi connectivity index (χ3n) is 3.40. The Morgan fingerprint density at radius 2 is 2.00 bits per heavy atom. The fourth-order valence-electron chi connectivity index (χ4n) is 2.09. The van der Waals surface area contributed by atoms with E-state index in [1.165, 1.54) is 12.3 Å². The number of aromatic nitrogens is 1. The summed E-state index contributed by atoms with van der Waals surface area (Å²) < 4.78 is 13.2. The van der Waals surface area contributed by atoms with Gasteiger partial charge >= 0.3 is 0 Å². The molecule has 0 bridgehead atoms. The molecule has 2 aromatic rings. The van der Waals surface area contributed by atoms with Crippen LogP contribution in [0.2, 0.25) is 5.02 Å². The van der Waals surface area contributed by atoms with Crippen LogP contribution in [-0.2, 0) is 6.54 Å². The van der Waals surface area contributed by atoms with Gasteiger partial charge in [-0.15, -0.1) is 0 Å². The van der Waals surface area contributed by atoms with E-state index in [0.29, 0.717) is 16.4 Å². The maximum Gasteiger partial charge on any atom is 0.141 e. The number of anilines is 1. The van der Waals surface area contributed by atoms with Crippen molar-refractivity contribution in [1.29, 1.82) is 0 Å². The van der Waals surface area contributed by atoms with Crippen LogP contribution in [0, 0.1) is 5.82 Å². The van der Waals surface area contributed by atoms with E-state index in [0.717, 1.165) is 5.56 Å². The Morgan fingerprint density at radius 3 is 2.60 bits per heavy atom. The summed E-state index contributed by atoms with van der Waals surface area (Å²) in [6, 6.07) is 9.14. The first-order chi connectivity index (χ1) is 9.52.